The van der Waals surface area contributed by atoms with Crippen LogP contribution in [-0.4, -0.2) is 24.7 Å². The Kier molecular flexibility index (Phi) is 3.42. The molecule has 20 heavy (non-hydrogen) atoms. The molecule has 1 N–H and O–H groups in total. The predicted molar refractivity (Wildman–Crippen MR) is 79.5 cm³/mol. The molecular weight excluding hydrogens is 320 g/mol. The molecule has 0 bridgehead atoms. The van der Waals surface area contributed by atoms with E-state index in [-0.39, 0.29) is 0 Å². The lowest BCUT2D eigenvalue weighted by Crippen LogP contribution is -1.99. The van der Waals surface area contributed by atoms with E-state index in [2.05, 4.69) is 41.3 Å². The van der Waals surface area contributed by atoms with Gasteiger partial charge in [0.25, 0.3) is 0 Å². The Labute approximate surface area is 124 Å². The van der Waals surface area contributed by atoms with Crippen LogP contribution < -0.4 is 5.32 Å². The molecule has 0 saturated carbocycles. The normalized spacial score (nSPS) is 10.5. The molecule has 0 atom stereocenters. The van der Waals surface area contributed by atoms with Crippen molar-refractivity contribution in [2.45, 2.75) is 0 Å². The molecule has 3 rings (SSSR count). The van der Waals surface area contributed by atoms with E-state index in [1.165, 1.54) is 0 Å². The Morgan fingerprint density at radius 1 is 1.10 bits per heavy atom. The van der Waals surface area contributed by atoms with Gasteiger partial charge in [-0.25, -0.2) is 15.0 Å². The molecule has 0 spiro atoms. The van der Waals surface area contributed by atoms with Crippen molar-refractivity contribution < 1.29 is 0 Å². The average Bonchev–Trinajstić information content (AvgIpc) is 2.84. The van der Waals surface area contributed by atoms with Crippen molar-refractivity contribution >= 4 is 27.7 Å². The maximum Gasteiger partial charge on any atom is 0.228 e. The first-order chi connectivity index (χ1) is 9.70. The Balaban J connectivity index is 1.89. The average molecular weight is 331 g/mol. The van der Waals surface area contributed by atoms with Crippen molar-refractivity contribution in [2.75, 3.05) is 5.32 Å². The van der Waals surface area contributed by atoms with Crippen molar-refractivity contribution in [3.05, 3.63) is 47.3 Å². The van der Waals surface area contributed by atoms with E-state index >= 15 is 0 Å². The van der Waals surface area contributed by atoms with E-state index in [1.54, 1.807) is 10.9 Å². The summed E-state index contributed by atoms with van der Waals surface area (Å²) in [7, 11) is 1.86. The first kappa shape index (κ1) is 12.7. The molecule has 0 unspecified atom stereocenters. The second kappa shape index (κ2) is 5.38. The van der Waals surface area contributed by atoms with Gasteiger partial charge in [0.15, 0.2) is 5.82 Å². The lowest BCUT2D eigenvalue weighted by Gasteiger charge is -2.04. The third-order valence-electron chi connectivity index (χ3n) is 2.59. The Morgan fingerprint density at radius 2 is 1.95 bits per heavy atom. The third kappa shape index (κ3) is 2.83. The summed E-state index contributed by atoms with van der Waals surface area (Å²) >= 11 is 3.35. The molecule has 6 nitrogen and oxygen atoms in total. The van der Waals surface area contributed by atoms with Crippen LogP contribution in [0.3, 0.4) is 0 Å². The van der Waals surface area contributed by atoms with Crippen LogP contribution in [0, 0.1) is 0 Å². The maximum absolute atomic E-state index is 4.43. The number of halogens is 1. The molecule has 7 heteroatoms. The second-order valence-electron chi connectivity index (χ2n) is 4.11. The van der Waals surface area contributed by atoms with Crippen LogP contribution in [0.15, 0.2) is 47.3 Å². The summed E-state index contributed by atoms with van der Waals surface area (Å²) in [6.07, 6.45) is 3.54. The van der Waals surface area contributed by atoms with Gasteiger partial charge < -0.3 is 5.32 Å². The Bertz CT molecular complexity index is 739. The number of nitrogens with one attached hydrogen (secondary N) is 1. The number of aromatic nitrogens is 5. The molecule has 0 amide bonds. The van der Waals surface area contributed by atoms with E-state index in [9.17, 15) is 0 Å². The highest BCUT2D eigenvalue weighted by Crippen LogP contribution is 2.18. The van der Waals surface area contributed by atoms with Gasteiger partial charge in [0.05, 0.1) is 11.4 Å². The topological polar surface area (TPSA) is 68.5 Å². The van der Waals surface area contributed by atoms with Gasteiger partial charge in [0, 0.05) is 25.5 Å². The van der Waals surface area contributed by atoms with Crippen molar-refractivity contribution in [1.29, 1.82) is 0 Å². The van der Waals surface area contributed by atoms with Crippen molar-refractivity contribution in [3.8, 4) is 11.4 Å². The molecule has 0 aliphatic heterocycles. The number of hydrogen-bond acceptors (Lipinski definition) is 5. The maximum atomic E-state index is 4.43. The monoisotopic (exact) mass is 330 g/mol. The molecule has 0 radical (unpaired) electrons. The fourth-order valence-electron chi connectivity index (χ4n) is 1.71. The number of pyridine rings is 1. The SMILES string of the molecule is Cn1ccc(Nc2nccc(-c3cccc(Br)n3)n2)n1. The fraction of sp³-hybridized carbons (Fsp3) is 0.0769. The summed E-state index contributed by atoms with van der Waals surface area (Å²) < 4.78 is 2.48. The zero-order chi connectivity index (χ0) is 13.9. The number of hydrogen-bond donors (Lipinski definition) is 1. The lowest BCUT2D eigenvalue weighted by molar-refractivity contribution is 0.770. The number of rotatable bonds is 3. The lowest BCUT2D eigenvalue weighted by atomic mass is 10.3. The van der Waals surface area contributed by atoms with Gasteiger partial charge in [0.1, 0.15) is 4.60 Å². The smallest absolute Gasteiger partial charge is 0.228 e. The zero-order valence-electron chi connectivity index (χ0n) is 10.7. The third-order valence-corrected chi connectivity index (χ3v) is 3.03. The molecule has 0 aliphatic rings. The van der Waals surface area contributed by atoms with Gasteiger partial charge in [0.2, 0.25) is 5.95 Å². The molecule has 100 valence electrons. The summed E-state index contributed by atoms with van der Waals surface area (Å²) in [4.78, 5) is 13.0. The number of nitrogens with zero attached hydrogens (tertiary/aromatic N) is 5. The number of aryl methyl sites for hydroxylation is 1. The zero-order valence-corrected chi connectivity index (χ0v) is 12.2. The first-order valence-corrected chi connectivity index (χ1v) is 6.73. The van der Waals surface area contributed by atoms with Crippen LogP contribution in [0.5, 0.6) is 0 Å². The van der Waals surface area contributed by atoms with Crippen molar-refractivity contribution in [2.24, 2.45) is 7.05 Å². The molecule has 3 heterocycles. The fourth-order valence-corrected chi connectivity index (χ4v) is 2.05. The Hall–Kier alpha value is -2.28. The van der Waals surface area contributed by atoms with Crippen LogP contribution in [0.2, 0.25) is 0 Å². The highest BCUT2D eigenvalue weighted by molar-refractivity contribution is 9.10. The summed E-state index contributed by atoms with van der Waals surface area (Å²) in [5, 5.41) is 7.28. The summed E-state index contributed by atoms with van der Waals surface area (Å²) in [6.45, 7) is 0. The molecule has 3 aromatic rings. The predicted octanol–water partition coefficient (Wildman–Crippen LogP) is 2.78. The van der Waals surface area contributed by atoms with Crippen LogP contribution in [-0.2, 0) is 7.05 Å². The van der Waals surface area contributed by atoms with E-state index < -0.39 is 0 Å². The van der Waals surface area contributed by atoms with E-state index in [1.807, 2.05) is 43.6 Å². The highest BCUT2D eigenvalue weighted by atomic mass is 79.9. The van der Waals surface area contributed by atoms with Gasteiger partial charge in [-0.15, -0.1) is 0 Å². The van der Waals surface area contributed by atoms with Gasteiger partial charge in [-0.3, -0.25) is 4.68 Å². The van der Waals surface area contributed by atoms with Crippen LogP contribution in [0.1, 0.15) is 0 Å². The first-order valence-electron chi connectivity index (χ1n) is 5.93. The summed E-state index contributed by atoms with van der Waals surface area (Å²) in [6, 6.07) is 9.36. The standard InChI is InChI=1S/C13H11BrN6/c1-20-8-6-12(19-20)18-13-15-7-5-10(17-13)9-3-2-4-11(14)16-9/h2-8H,1H3,(H,15,17,18,19). The van der Waals surface area contributed by atoms with E-state index in [4.69, 9.17) is 0 Å². The minimum absolute atomic E-state index is 0.489. The number of anilines is 2. The minimum atomic E-state index is 0.489. The van der Waals surface area contributed by atoms with Crippen molar-refractivity contribution in [1.82, 2.24) is 24.7 Å². The van der Waals surface area contributed by atoms with Crippen LogP contribution in [0.4, 0.5) is 11.8 Å². The second-order valence-corrected chi connectivity index (χ2v) is 4.92. The van der Waals surface area contributed by atoms with Gasteiger partial charge in [-0.05, 0) is 34.1 Å². The van der Waals surface area contributed by atoms with Gasteiger partial charge in [-0.1, -0.05) is 6.07 Å². The molecular formula is C13H11BrN6. The molecule has 0 fully saturated rings. The summed E-state index contributed by atoms with van der Waals surface area (Å²) in [5.74, 6) is 1.19. The molecule has 0 aromatic carbocycles. The summed E-state index contributed by atoms with van der Waals surface area (Å²) in [5.41, 5.74) is 1.53. The van der Waals surface area contributed by atoms with Crippen LogP contribution >= 0.6 is 15.9 Å². The molecule has 3 aromatic heterocycles. The van der Waals surface area contributed by atoms with E-state index in [0.29, 0.717) is 11.8 Å². The van der Waals surface area contributed by atoms with Crippen LogP contribution in [0.25, 0.3) is 11.4 Å². The van der Waals surface area contributed by atoms with Gasteiger partial charge in [-0.2, -0.15) is 5.10 Å². The quantitative estimate of drug-likeness (QED) is 0.748. The minimum Gasteiger partial charge on any atom is -0.307 e. The molecule has 0 aliphatic carbocycles. The largest absolute Gasteiger partial charge is 0.307 e. The Morgan fingerprint density at radius 3 is 2.70 bits per heavy atom. The highest BCUT2D eigenvalue weighted by Gasteiger charge is 2.05. The van der Waals surface area contributed by atoms with E-state index in [0.717, 1.165) is 16.0 Å². The van der Waals surface area contributed by atoms with Crippen molar-refractivity contribution in [3.63, 3.8) is 0 Å². The van der Waals surface area contributed by atoms with Gasteiger partial charge >= 0.3 is 0 Å². The molecule has 0 saturated heterocycles.